The third-order valence-electron chi connectivity index (χ3n) is 3.44. The summed E-state index contributed by atoms with van der Waals surface area (Å²) in [6.07, 6.45) is 4.77. The highest BCUT2D eigenvalue weighted by Crippen LogP contribution is 2.12. The van der Waals surface area contributed by atoms with Crippen LogP contribution >= 0.6 is 0 Å². The van der Waals surface area contributed by atoms with Gasteiger partial charge in [0.15, 0.2) is 0 Å². The van der Waals surface area contributed by atoms with E-state index in [0.29, 0.717) is 12.2 Å². The number of amides is 1. The van der Waals surface area contributed by atoms with E-state index in [1.54, 1.807) is 0 Å². The van der Waals surface area contributed by atoms with E-state index in [1.807, 2.05) is 35.2 Å². The molecular weight excluding hydrogens is 258 g/mol. The van der Waals surface area contributed by atoms with Crippen LogP contribution in [0.25, 0.3) is 0 Å². The summed E-state index contributed by atoms with van der Waals surface area (Å²) in [7, 11) is -0.941. The van der Waals surface area contributed by atoms with Crippen LogP contribution in [0.3, 0.4) is 0 Å². The summed E-state index contributed by atoms with van der Waals surface area (Å²) >= 11 is 0. The first kappa shape index (κ1) is 14.3. The summed E-state index contributed by atoms with van der Waals surface area (Å²) < 4.78 is 12.0. The molecule has 1 aromatic carbocycles. The molecule has 4 heteroatoms. The van der Waals surface area contributed by atoms with Crippen LogP contribution in [0.4, 0.5) is 0 Å². The number of hydrogen-bond acceptors (Lipinski definition) is 2. The van der Waals surface area contributed by atoms with E-state index in [1.165, 1.54) is 0 Å². The van der Waals surface area contributed by atoms with Crippen molar-refractivity contribution in [2.24, 2.45) is 0 Å². The molecule has 0 bridgehead atoms. The van der Waals surface area contributed by atoms with Crippen molar-refractivity contribution >= 4 is 16.7 Å². The quantitative estimate of drug-likeness (QED) is 0.831. The smallest absolute Gasteiger partial charge is 0.222 e. The number of carbonyl (C=O) groups is 1. The first-order valence-electron chi connectivity index (χ1n) is 6.98. The van der Waals surface area contributed by atoms with Crippen LogP contribution in [0, 0.1) is 0 Å². The third kappa shape index (κ3) is 4.46. The van der Waals surface area contributed by atoms with Gasteiger partial charge in [-0.25, -0.2) is 0 Å². The maximum Gasteiger partial charge on any atom is 0.222 e. The lowest BCUT2D eigenvalue weighted by Crippen LogP contribution is -2.31. The lowest BCUT2D eigenvalue weighted by Gasteiger charge is -2.20. The average Bonchev–Trinajstić information content (AvgIpc) is 2.65. The molecular formula is C15H21NO2S. The number of carbonyl (C=O) groups excluding carboxylic acids is 1. The molecule has 1 unspecified atom stereocenters. The second kappa shape index (κ2) is 7.43. The van der Waals surface area contributed by atoms with Gasteiger partial charge in [0, 0.05) is 30.2 Å². The number of nitrogens with zero attached hydrogens (tertiary/aromatic N) is 1. The van der Waals surface area contributed by atoms with Gasteiger partial charge in [-0.15, -0.1) is 0 Å². The molecule has 1 aromatic rings. The van der Waals surface area contributed by atoms with Gasteiger partial charge in [0.1, 0.15) is 0 Å². The van der Waals surface area contributed by atoms with Crippen LogP contribution in [0.2, 0.25) is 0 Å². The zero-order valence-corrected chi connectivity index (χ0v) is 12.0. The normalized spacial score (nSPS) is 18.1. The summed E-state index contributed by atoms with van der Waals surface area (Å²) in [4.78, 5) is 14.6. The van der Waals surface area contributed by atoms with E-state index >= 15 is 0 Å². The van der Waals surface area contributed by atoms with Crippen molar-refractivity contribution in [3.05, 3.63) is 30.3 Å². The molecule has 1 atom stereocenters. The van der Waals surface area contributed by atoms with Crippen LogP contribution in [-0.4, -0.2) is 33.9 Å². The monoisotopic (exact) mass is 279 g/mol. The lowest BCUT2D eigenvalue weighted by molar-refractivity contribution is -0.130. The Morgan fingerprint density at radius 1 is 1.11 bits per heavy atom. The van der Waals surface area contributed by atoms with E-state index in [-0.39, 0.29) is 5.91 Å². The molecule has 2 rings (SSSR count). The summed E-state index contributed by atoms with van der Waals surface area (Å²) in [6, 6.07) is 9.54. The van der Waals surface area contributed by atoms with Crippen molar-refractivity contribution < 1.29 is 9.00 Å². The van der Waals surface area contributed by atoms with Gasteiger partial charge in [-0.2, -0.15) is 0 Å². The van der Waals surface area contributed by atoms with E-state index in [0.717, 1.165) is 43.7 Å². The molecule has 1 aliphatic rings. The van der Waals surface area contributed by atoms with Crippen molar-refractivity contribution in [1.82, 2.24) is 4.90 Å². The summed E-state index contributed by atoms with van der Waals surface area (Å²) in [5, 5.41) is 0. The minimum atomic E-state index is -0.941. The molecule has 1 heterocycles. The van der Waals surface area contributed by atoms with E-state index in [9.17, 15) is 9.00 Å². The minimum Gasteiger partial charge on any atom is -0.343 e. The standard InChI is InChI=1S/C15H21NO2S/c17-15-10-5-2-6-11-16(15)12-7-13-19(18)14-8-3-1-4-9-14/h1,3-4,8-9H,2,5-7,10-13H2. The maximum atomic E-state index is 12.0. The molecule has 0 spiro atoms. The Morgan fingerprint density at radius 2 is 1.89 bits per heavy atom. The van der Waals surface area contributed by atoms with Gasteiger partial charge in [-0.3, -0.25) is 9.00 Å². The number of rotatable bonds is 5. The molecule has 0 aromatic heterocycles. The van der Waals surface area contributed by atoms with Crippen molar-refractivity contribution in [3.8, 4) is 0 Å². The summed E-state index contributed by atoms with van der Waals surface area (Å²) in [6.45, 7) is 1.62. The van der Waals surface area contributed by atoms with Gasteiger partial charge in [0.05, 0.1) is 10.8 Å². The average molecular weight is 279 g/mol. The highest BCUT2D eigenvalue weighted by atomic mass is 32.2. The predicted molar refractivity (Wildman–Crippen MR) is 77.4 cm³/mol. The summed E-state index contributed by atoms with van der Waals surface area (Å²) in [5.41, 5.74) is 0. The molecule has 0 radical (unpaired) electrons. The van der Waals surface area contributed by atoms with E-state index in [2.05, 4.69) is 0 Å². The van der Waals surface area contributed by atoms with Crippen LogP contribution in [0.15, 0.2) is 35.2 Å². The van der Waals surface area contributed by atoms with Crippen LogP contribution in [0.1, 0.15) is 32.1 Å². The Morgan fingerprint density at radius 3 is 2.68 bits per heavy atom. The lowest BCUT2D eigenvalue weighted by atomic mass is 10.2. The van der Waals surface area contributed by atoms with E-state index in [4.69, 9.17) is 0 Å². The fourth-order valence-corrected chi connectivity index (χ4v) is 3.44. The topological polar surface area (TPSA) is 37.4 Å². The van der Waals surface area contributed by atoms with E-state index < -0.39 is 10.8 Å². The molecule has 1 saturated heterocycles. The molecule has 0 aliphatic carbocycles. The Bertz CT molecular complexity index is 433. The Hall–Kier alpha value is -1.16. The number of likely N-dealkylation sites (tertiary alicyclic amines) is 1. The molecule has 1 fully saturated rings. The fourth-order valence-electron chi connectivity index (χ4n) is 2.35. The third-order valence-corrected chi connectivity index (χ3v) is 4.89. The predicted octanol–water partition coefficient (Wildman–Crippen LogP) is 2.59. The molecule has 1 amide bonds. The van der Waals surface area contributed by atoms with Crippen LogP contribution < -0.4 is 0 Å². The van der Waals surface area contributed by atoms with Gasteiger partial charge in [0.25, 0.3) is 0 Å². The second-order valence-corrected chi connectivity index (χ2v) is 6.48. The maximum absolute atomic E-state index is 12.0. The van der Waals surface area contributed by atoms with Gasteiger partial charge in [-0.05, 0) is 31.4 Å². The van der Waals surface area contributed by atoms with Gasteiger partial charge >= 0.3 is 0 Å². The zero-order valence-electron chi connectivity index (χ0n) is 11.2. The molecule has 1 aliphatic heterocycles. The SMILES string of the molecule is O=C1CCCCCN1CCCS(=O)c1ccccc1. The highest BCUT2D eigenvalue weighted by molar-refractivity contribution is 7.85. The van der Waals surface area contributed by atoms with Crippen molar-refractivity contribution in [2.75, 3.05) is 18.8 Å². The van der Waals surface area contributed by atoms with Crippen molar-refractivity contribution in [1.29, 1.82) is 0 Å². The minimum absolute atomic E-state index is 0.267. The molecule has 0 N–H and O–H groups in total. The molecule has 104 valence electrons. The summed E-state index contributed by atoms with van der Waals surface area (Å²) in [5.74, 6) is 0.899. The zero-order chi connectivity index (χ0) is 13.5. The Labute approximate surface area is 117 Å². The van der Waals surface area contributed by atoms with Gasteiger partial charge < -0.3 is 4.90 Å². The Kier molecular flexibility index (Phi) is 5.58. The number of hydrogen-bond donors (Lipinski definition) is 0. The highest BCUT2D eigenvalue weighted by Gasteiger charge is 2.16. The first-order chi connectivity index (χ1) is 9.27. The van der Waals surface area contributed by atoms with Crippen molar-refractivity contribution in [3.63, 3.8) is 0 Å². The number of benzene rings is 1. The largest absolute Gasteiger partial charge is 0.343 e. The molecule has 0 saturated carbocycles. The molecule has 19 heavy (non-hydrogen) atoms. The second-order valence-electron chi connectivity index (χ2n) is 4.91. The van der Waals surface area contributed by atoms with Crippen LogP contribution in [0.5, 0.6) is 0 Å². The first-order valence-corrected chi connectivity index (χ1v) is 8.30. The fraction of sp³-hybridized carbons (Fsp3) is 0.533. The van der Waals surface area contributed by atoms with Crippen LogP contribution in [-0.2, 0) is 15.6 Å². The van der Waals surface area contributed by atoms with Crippen molar-refractivity contribution in [2.45, 2.75) is 37.0 Å². The Balaban J connectivity index is 1.77. The molecule has 3 nitrogen and oxygen atoms in total. The van der Waals surface area contributed by atoms with Gasteiger partial charge in [0.2, 0.25) is 5.91 Å². The van der Waals surface area contributed by atoms with Gasteiger partial charge in [-0.1, -0.05) is 24.6 Å².